The zero-order chi connectivity index (χ0) is 22.2. The average Bonchev–Trinajstić information content (AvgIpc) is 3.35. The SMILES string of the molecule is Cc1nn(C)c2ncc(C(=O)NC[C@H](c3ccccc3Cl)c3c[nH]c4ccccc34)cc12. The molecule has 3 heterocycles. The number of aromatic nitrogens is 4. The van der Waals surface area contributed by atoms with Crippen LogP contribution in [0.5, 0.6) is 0 Å². The van der Waals surface area contributed by atoms with E-state index in [0.717, 1.165) is 38.8 Å². The molecule has 1 amide bonds. The van der Waals surface area contributed by atoms with Crippen molar-refractivity contribution in [2.45, 2.75) is 12.8 Å². The smallest absolute Gasteiger partial charge is 0.252 e. The molecule has 5 rings (SSSR count). The highest BCUT2D eigenvalue weighted by molar-refractivity contribution is 6.31. The maximum atomic E-state index is 13.0. The van der Waals surface area contributed by atoms with Gasteiger partial charge in [-0.05, 0) is 36.2 Å². The molecule has 6 nitrogen and oxygen atoms in total. The lowest BCUT2D eigenvalue weighted by molar-refractivity contribution is 0.0952. The lowest BCUT2D eigenvalue weighted by atomic mass is 9.90. The third-order valence-electron chi connectivity index (χ3n) is 5.87. The van der Waals surface area contributed by atoms with Gasteiger partial charge < -0.3 is 10.3 Å². The van der Waals surface area contributed by atoms with E-state index in [2.05, 4.69) is 26.4 Å². The molecule has 160 valence electrons. The summed E-state index contributed by atoms with van der Waals surface area (Å²) in [7, 11) is 1.84. The molecule has 0 aliphatic carbocycles. The lowest BCUT2D eigenvalue weighted by Crippen LogP contribution is -2.29. The predicted molar refractivity (Wildman–Crippen MR) is 127 cm³/mol. The van der Waals surface area contributed by atoms with Gasteiger partial charge in [0.1, 0.15) is 0 Å². The number of fused-ring (bicyclic) bond motifs is 2. The van der Waals surface area contributed by atoms with E-state index >= 15 is 0 Å². The summed E-state index contributed by atoms with van der Waals surface area (Å²) in [5.41, 5.74) is 5.21. The number of aryl methyl sites for hydroxylation is 2. The molecule has 0 spiro atoms. The maximum absolute atomic E-state index is 13.0. The summed E-state index contributed by atoms with van der Waals surface area (Å²) in [6.45, 7) is 2.31. The van der Waals surface area contributed by atoms with E-state index in [4.69, 9.17) is 11.6 Å². The van der Waals surface area contributed by atoms with Crippen LogP contribution in [0.1, 0.15) is 33.1 Å². The van der Waals surface area contributed by atoms with E-state index < -0.39 is 0 Å². The molecule has 0 unspecified atom stereocenters. The van der Waals surface area contributed by atoms with Crippen molar-refractivity contribution in [3.63, 3.8) is 0 Å². The summed E-state index contributed by atoms with van der Waals surface area (Å²) < 4.78 is 1.72. The van der Waals surface area contributed by atoms with Gasteiger partial charge in [0.2, 0.25) is 0 Å². The number of carbonyl (C=O) groups is 1. The molecule has 0 aliphatic rings. The standard InChI is InChI=1S/C25H22ClN5O/c1-15-19-11-16(12-28-24(19)31(2)30-15)25(32)29-14-20(17-7-3-5-9-22(17)26)21-13-27-23-10-6-4-8-18(21)23/h3-13,20,27H,14H2,1-2H3,(H,29,32)/t20-/m1/s1. The Morgan fingerprint density at radius 3 is 2.75 bits per heavy atom. The monoisotopic (exact) mass is 443 g/mol. The van der Waals surface area contributed by atoms with Crippen LogP contribution >= 0.6 is 11.6 Å². The van der Waals surface area contributed by atoms with Crippen molar-refractivity contribution >= 4 is 39.4 Å². The number of hydrogen-bond donors (Lipinski definition) is 2. The van der Waals surface area contributed by atoms with Crippen molar-refractivity contribution in [2.24, 2.45) is 7.05 Å². The molecular weight excluding hydrogens is 422 g/mol. The number of H-pyrrole nitrogens is 1. The number of benzene rings is 2. The minimum atomic E-state index is -0.181. The molecule has 0 radical (unpaired) electrons. The van der Waals surface area contributed by atoms with Crippen LogP contribution in [0.4, 0.5) is 0 Å². The molecule has 3 aromatic heterocycles. The van der Waals surface area contributed by atoms with Crippen LogP contribution < -0.4 is 5.32 Å². The van der Waals surface area contributed by atoms with Crippen LogP contribution in [0.25, 0.3) is 21.9 Å². The van der Waals surface area contributed by atoms with Gasteiger partial charge >= 0.3 is 0 Å². The van der Waals surface area contributed by atoms with Crippen LogP contribution in [0.15, 0.2) is 67.0 Å². The Labute approximate surface area is 190 Å². The number of halogens is 1. The molecule has 0 saturated heterocycles. The molecular formula is C25H22ClN5O. The van der Waals surface area contributed by atoms with Crippen LogP contribution in [0.3, 0.4) is 0 Å². The van der Waals surface area contributed by atoms with Gasteiger partial charge in [-0.2, -0.15) is 5.10 Å². The summed E-state index contributed by atoms with van der Waals surface area (Å²) in [6, 6.07) is 17.7. The zero-order valence-electron chi connectivity index (χ0n) is 17.8. The van der Waals surface area contributed by atoms with Gasteiger partial charge in [-0.25, -0.2) is 4.98 Å². The van der Waals surface area contributed by atoms with E-state index in [1.54, 1.807) is 10.9 Å². The first kappa shape index (κ1) is 20.3. The van der Waals surface area contributed by atoms with Crippen molar-refractivity contribution in [2.75, 3.05) is 6.54 Å². The Kier molecular flexibility index (Phi) is 5.15. The highest BCUT2D eigenvalue weighted by atomic mass is 35.5. The number of carbonyl (C=O) groups excluding carboxylic acids is 1. The number of rotatable bonds is 5. The van der Waals surface area contributed by atoms with Crippen molar-refractivity contribution in [3.8, 4) is 0 Å². The first-order valence-corrected chi connectivity index (χ1v) is 10.8. The molecule has 2 N–H and O–H groups in total. The summed E-state index contributed by atoms with van der Waals surface area (Å²) in [5.74, 6) is -0.292. The number of pyridine rings is 1. The topological polar surface area (TPSA) is 75.6 Å². The first-order valence-electron chi connectivity index (χ1n) is 10.4. The fraction of sp³-hybridized carbons (Fsp3) is 0.160. The number of amides is 1. The Morgan fingerprint density at radius 2 is 1.91 bits per heavy atom. The number of nitrogens with one attached hydrogen (secondary N) is 2. The summed E-state index contributed by atoms with van der Waals surface area (Å²) >= 11 is 6.56. The van der Waals surface area contributed by atoms with Gasteiger partial charge in [0.05, 0.1) is 11.3 Å². The summed E-state index contributed by atoms with van der Waals surface area (Å²) in [5, 5.41) is 10.1. The Morgan fingerprint density at radius 1 is 1.12 bits per heavy atom. The Hall–Kier alpha value is -3.64. The Balaban J connectivity index is 1.47. The van der Waals surface area contributed by atoms with Crippen molar-refractivity contribution in [1.29, 1.82) is 0 Å². The second-order valence-electron chi connectivity index (χ2n) is 7.88. The van der Waals surface area contributed by atoms with Crippen LogP contribution in [0, 0.1) is 6.92 Å². The Bertz CT molecular complexity index is 1450. The van der Waals surface area contributed by atoms with E-state index in [-0.39, 0.29) is 11.8 Å². The van der Waals surface area contributed by atoms with Crippen LogP contribution in [-0.2, 0) is 7.05 Å². The van der Waals surface area contributed by atoms with Gasteiger partial charge in [-0.15, -0.1) is 0 Å². The molecule has 0 bridgehead atoms. The highest BCUT2D eigenvalue weighted by Crippen LogP contribution is 2.34. The van der Waals surface area contributed by atoms with Crippen LogP contribution in [-0.4, -0.2) is 32.2 Å². The second-order valence-corrected chi connectivity index (χ2v) is 8.29. The van der Waals surface area contributed by atoms with Gasteiger partial charge in [0.25, 0.3) is 5.91 Å². The van der Waals surface area contributed by atoms with Crippen molar-refractivity contribution < 1.29 is 4.79 Å². The normalized spacial score (nSPS) is 12.3. The highest BCUT2D eigenvalue weighted by Gasteiger charge is 2.22. The second kappa shape index (κ2) is 8.13. The van der Waals surface area contributed by atoms with E-state index in [1.807, 2.05) is 68.7 Å². The molecule has 0 aliphatic heterocycles. The van der Waals surface area contributed by atoms with Crippen molar-refractivity contribution in [1.82, 2.24) is 25.1 Å². The van der Waals surface area contributed by atoms with Gasteiger partial charge in [0.15, 0.2) is 5.65 Å². The minimum absolute atomic E-state index is 0.111. The third-order valence-corrected chi connectivity index (χ3v) is 6.21. The van der Waals surface area contributed by atoms with Gasteiger partial charge in [-0.1, -0.05) is 48.0 Å². The van der Waals surface area contributed by atoms with Gasteiger partial charge in [-0.3, -0.25) is 9.48 Å². The molecule has 5 aromatic rings. The van der Waals surface area contributed by atoms with Gasteiger partial charge in [0, 0.05) is 53.2 Å². The molecule has 0 fully saturated rings. The molecule has 32 heavy (non-hydrogen) atoms. The van der Waals surface area contributed by atoms with E-state index in [0.29, 0.717) is 17.1 Å². The molecule has 1 atom stereocenters. The van der Waals surface area contributed by atoms with Crippen molar-refractivity contribution in [3.05, 3.63) is 94.4 Å². The van der Waals surface area contributed by atoms with E-state index in [1.165, 1.54) is 0 Å². The number of aromatic amines is 1. The van der Waals surface area contributed by atoms with E-state index in [9.17, 15) is 4.79 Å². The molecule has 7 heteroatoms. The molecule has 2 aromatic carbocycles. The fourth-order valence-corrected chi connectivity index (χ4v) is 4.52. The molecule has 0 saturated carbocycles. The number of nitrogens with zero attached hydrogens (tertiary/aromatic N) is 3. The number of para-hydroxylation sites is 1. The lowest BCUT2D eigenvalue weighted by Gasteiger charge is -2.19. The maximum Gasteiger partial charge on any atom is 0.252 e. The number of hydrogen-bond acceptors (Lipinski definition) is 3. The largest absolute Gasteiger partial charge is 0.361 e. The average molecular weight is 444 g/mol. The zero-order valence-corrected chi connectivity index (χ0v) is 18.5. The predicted octanol–water partition coefficient (Wildman–Crippen LogP) is 4.97. The first-order chi connectivity index (χ1) is 15.5. The summed E-state index contributed by atoms with van der Waals surface area (Å²) in [6.07, 6.45) is 3.59. The third kappa shape index (κ3) is 3.52. The quantitative estimate of drug-likeness (QED) is 0.402. The fourth-order valence-electron chi connectivity index (χ4n) is 4.26. The summed E-state index contributed by atoms with van der Waals surface area (Å²) in [4.78, 5) is 20.8. The van der Waals surface area contributed by atoms with Crippen LogP contribution in [0.2, 0.25) is 5.02 Å². The minimum Gasteiger partial charge on any atom is -0.361 e.